The number of esters is 1. The zero-order chi connectivity index (χ0) is 16.0. The molecule has 0 aromatic rings. The normalized spacial score (nSPS) is 18.3. The maximum absolute atomic E-state index is 12.4. The zero-order valence-electron chi connectivity index (χ0n) is 14.4. The first-order valence-corrected chi connectivity index (χ1v) is 7.98. The molecule has 1 atom stereocenters. The Hall–Kier alpha value is -0.650. The fraction of sp³-hybridized carbons (Fsp3) is 0.938. The van der Waals surface area contributed by atoms with Gasteiger partial charge in [0.25, 0.3) is 0 Å². The van der Waals surface area contributed by atoms with Gasteiger partial charge in [-0.25, -0.2) is 4.79 Å². The molecule has 0 amide bonds. The van der Waals surface area contributed by atoms with Crippen molar-refractivity contribution in [2.45, 2.75) is 58.2 Å². The zero-order valence-corrected chi connectivity index (χ0v) is 14.4. The summed E-state index contributed by atoms with van der Waals surface area (Å²) in [4.78, 5) is 14.6. The van der Waals surface area contributed by atoms with Crippen molar-refractivity contribution in [1.82, 2.24) is 10.2 Å². The van der Waals surface area contributed by atoms with E-state index in [9.17, 15) is 4.79 Å². The highest BCUT2D eigenvalue weighted by Crippen LogP contribution is 2.41. The second-order valence-corrected chi connectivity index (χ2v) is 6.69. The van der Waals surface area contributed by atoms with Crippen LogP contribution in [0.3, 0.4) is 0 Å². The molecule has 5 nitrogen and oxygen atoms in total. The number of methoxy groups -OCH3 is 1. The van der Waals surface area contributed by atoms with Gasteiger partial charge in [0.2, 0.25) is 0 Å². The van der Waals surface area contributed by atoms with Gasteiger partial charge < -0.3 is 14.4 Å². The smallest absolute Gasteiger partial charge is 0.327 e. The van der Waals surface area contributed by atoms with Crippen LogP contribution in [-0.2, 0) is 14.3 Å². The Morgan fingerprint density at radius 1 is 1.33 bits per heavy atom. The lowest BCUT2D eigenvalue weighted by Crippen LogP contribution is -2.62. The Bertz CT molecular complexity index is 329. The quantitative estimate of drug-likeness (QED) is 0.622. The SMILES string of the molecule is COC(=O)C(CN(C)CCOC(C)C)(NC(C)C)C1CC1. The topological polar surface area (TPSA) is 50.8 Å². The molecule has 0 aromatic heterocycles. The van der Waals surface area contributed by atoms with Gasteiger partial charge in [-0.3, -0.25) is 5.32 Å². The minimum absolute atomic E-state index is 0.143. The third kappa shape index (κ3) is 5.57. The molecule has 1 rings (SSSR count). The first kappa shape index (κ1) is 18.4. The molecule has 0 aromatic carbocycles. The van der Waals surface area contributed by atoms with Crippen LogP contribution in [0.25, 0.3) is 0 Å². The van der Waals surface area contributed by atoms with Gasteiger partial charge in [-0.2, -0.15) is 0 Å². The van der Waals surface area contributed by atoms with Crippen molar-refractivity contribution in [3.63, 3.8) is 0 Å². The van der Waals surface area contributed by atoms with Crippen molar-refractivity contribution in [2.75, 3.05) is 33.9 Å². The maximum Gasteiger partial charge on any atom is 0.327 e. The summed E-state index contributed by atoms with van der Waals surface area (Å²) >= 11 is 0. The van der Waals surface area contributed by atoms with E-state index in [1.165, 1.54) is 7.11 Å². The van der Waals surface area contributed by atoms with Crippen molar-refractivity contribution >= 4 is 5.97 Å². The fourth-order valence-electron chi connectivity index (χ4n) is 2.81. The average molecular weight is 300 g/mol. The summed E-state index contributed by atoms with van der Waals surface area (Å²) in [7, 11) is 3.51. The molecule has 5 heteroatoms. The number of nitrogens with one attached hydrogen (secondary N) is 1. The molecule has 1 aliphatic carbocycles. The molecule has 0 radical (unpaired) electrons. The summed E-state index contributed by atoms with van der Waals surface area (Å²) in [5.41, 5.74) is -0.588. The van der Waals surface area contributed by atoms with E-state index in [2.05, 4.69) is 24.1 Å². The molecule has 0 aliphatic heterocycles. The molecule has 1 saturated carbocycles. The highest BCUT2D eigenvalue weighted by molar-refractivity contribution is 5.82. The van der Waals surface area contributed by atoms with E-state index < -0.39 is 5.54 Å². The molecule has 0 saturated heterocycles. The summed E-state index contributed by atoms with van der Waals surface area (Å²) in [6.07, 6.45) is 2.41. The summed E-state index contributed by atoms with van der Waals surface area (Å²) in [5.74, 6) is 0.233. The minimum atomic E-state index is -0.588. The van der Waals surface area contributed by atoms with Crippen LogP contribution in [0.2, 0.25) is 0 Å². The van der Waals surface area contributed by atoms with Crippen LogP contribution in [0.15, 0.2) is 0 Å². The van der Waals surface area contributed by atoms with Crippen LogP contribution in [0.5, 0.6) is 0 Å². The summed E-state index contributed by atoms with van der Waals surface area (Å²) in [6.45, 7) is 10.3. The number of carbonyl (C=O) groups is 1. The van der Waals surface area contributed by atoms with Gasteiger partial charge >= 0.3 is 5.97 Å². The number of likely N-dealkylation sites (N-methyl/N-ethyl adjacent to an activating group) is 1. The van der Waals surface area contributed by atoms with E-state index in [-0.39, 0.29) is 18.1 Å². The Balaban J connectivity index is 2.69. The monoisotopic (exact) mass is 300 g/mol. The number of rotatable bonds is 10. The van der Waals surface area contributed by atoms with Gasteiger partial charge in [0.1, 0.15) is 5.54 Å². The molecule has 1 fully saturated rings. The van der Waals surface area contributed by atoms with E-state index in [4.69, 9.17) is 9.47 Å². The molecule has 1 unspecified atom stereocenters. The molecular weight excluding hydrogens is 268 g/mol. The lowest BCUT2D eigenvalue weighted by atomic mass is 9.91. The van der Waals surface area contributed by atoms with Gasteiger partial charge in [-0.15, -0.1) is 0 Å². The van der Waals surface area contributed by atoms with E-state index in [1.54, 1.807) is 0 Å². The van der Waals surface area contributed by atoms with Crippen molar-refractivity contribution in [1.29, 1.82) is 0 Å². The third-order valence-corrected chi connectivity index (χ3v) is 3.81. The van der Waals surface area contributed by atoms with Gasteiger partial charge in [0.05, 0.1) is 19.8 Å². The number of nitrogens with zero attached hydrogens (tertiary/aromatic N) is 1. The molecule has 0 spiro atoms. The van der Waals surface area contributed by atoms with Gasteiger partial charge in [0.15, 0.2) is 0 Å². The molecule has 1 N–H and O–H groups in total. The lowest BCUT2D eigenvalue weighted by molar-refractivity contribution is -0.151. The van der Waals surface area contributed by atoms with Crippen molar-refractivity contribution in [3.8, 4) is 0 Å². The van der Waals surface area contributed by atoms with Crippen LogP contribution in [0, 0.1) is 5.92 Å². The van der Waals surface area contributed by atoms with E-state index in [0.717, 1.165) is 19.4 Å². The van der Waals surface area contributed by atoms with Crippen LogP contribution < -0.4 is 5.32 Å². The van der Waals surface area contributed by atoms with E-state index in [1.807, 2.05) is 20.9 Å². The number of ether oxygens (including phenoxy) is 2. The largest absolute Gasteiger partial charge is 0.468 e. The first-order chi connectivity index (χ1) is 9.81. The number of carbonyl (C=O) groups excluding carboxylic acids is 1. The number of hydrogen-bond acceptors (Lipinski definition) is 5. The minimum Gasteiger partial charge on any atom is -0.468 e. The molecule has 124 valence electrons. The summed E-state index contributed by atoms with van der Waals surface area (Å²) < 4.78 is 10.7. The Morgan fingerprint density at radius 2 is 1.95 bits per heavy atom. The van der Waals surface area contributed by atoms with Crippen LogP contribution >= 0.6 is 0 Å². The highest BCUT2D eigenvalue weighted by Gasteiger charge is 2.52. The molecule has 21 heavy (non-hydrogen) atoms. The lowest BCUT2D eigenvalue weighted by Gasteiger charge is -2.37. The van der Waals surface area contributed by atoms with E-state index >= 15 is 0 Å². The summed E-state index contributed by atoms with van der Waals surface area (Å²) in [6, 6.07) is 0.241. The fourth-order valence-corrected chi connectivity index (χ4v) is 2.81. The standard InChI is InChI=1S/C16H32N2O3/c1-12(2)17-16(14-7-8-14,15(19)20-6)11-18(5)9-10-21-13(3)4/h12-14,17H,7-11H2,1-6H3. The second-order valence-electron chi connectivity index (χ2n) is 6.69. The molecule has 0 heterocycles. The van der Waals surface area contributed by atoms with Crippen molar-refractivity contribution < 1.29 is 14.3 Å². The summed E-state index contributed by atoms with van der Waals surface area (Å²) in [5, 5.41) is 3.48. The van der Waals surface area contributed by atoms with Crippen LogP contribution in [0.4, 0.5) is 0 Å². The molecule has 1 aliphatic rings. The van der Waals surface area contributed by atoms with Crippen molar-refractivity contribution in [2.24, 2.45) is 5.92 Å². The van der Waals surface area contributed by atoms with Crippen molar-refractivity contribution in [3.05, 3.63) is 0 Å². The second kappa shape index (κ2) is 8.11. The predicted molar refractivity (Wildman–Crippen MR) is 84.3 cm³/mol. The number of hydrogen-bond donors (Lipinski definition) is 1. The highest BCUT2D eigenvalue weighted by atomic mass is 16.5. The van der Waals surface area contributed by atoms with Crippen LogP contribution in [0.1, 0.15) is 40.5 Å². The van der Waals surface area contributed by atoms with Crippen LogP contribution in [-0.4, -0.2) is 62.4 Å². The Morgan fingerprint density at radius 3 is 2.38 bits per heavy atom. The predicted octanol–water partition coefficient (Wildman–Crippen LogP) is 1.66. The third-order valence-electron chi connectivity index (χ3n) is 3.81. The molecular formula is C16H32N2O3. The Labute approximate surface area is 129 Å². The van der Waals surface area contributed by atoms with E-state index in [0.29, 0.717) is 19.1 Å². The average Bonchev–Trinajstić information content (AvgIpc) is 3.20. The van der Waals surface area contributed by atoms with Gasteiger partial charge in [-0.05, 0) is 53.5 Å². The molecule has 0 bridgehead atoms. The van der Waals surface area contributed by atoms with Gasteiger partial charge in [0, 0.05) is 19.1 Å². The maximum atomic E-state index is 12.4. The van der Waals surface area contributed by atoms with Gasteiger partial charge in [-0.1, -0.05) is 0 Å². The first-order valence-electron chi connectivity index (χ1n) is 7.98. The Kier molecular flexibility index (Phi) is 7.10.